The first kappa shape index (κ1) is 12.2. The molecule has 0 spiro atoms. The largest absolute Gasteiger partial charge is 0.394 e. The number of nitrogens with zero attached hydrogens (tertiary/aromatic N) is 2. The summed E-state index contributed by atoms with van der Waals surface area (Å²) in [5.74, 6) is 0.0594. The highest BCUT2D eigenvalue weighted by molar-refractivity contribution is 9.10. The lowest BCUT2D eigenvalue weighted by molar-refractivity contribution is 0.0666. The second-order valence-electron chi connectivity index (χ2n) is 5.16. The number of carbonyl (C=O) groups excluding carboxylic acids is 1. The van der Waals surface area contributed by atoms with Crippen LogP contribution in [0.25, 0.3) is 0 Å². The third kappa shape index (κ3) is 2.10. The molecule has 2 aliphatic rings. The smallest absolute Gasteiger partial charge is 0.270 e. The number of aliphatic hydroxyl groups is 1. The Kier molecular flexibility index (Phi) is 3.20. The van der Waals surface area contributed by atoms with Gasteiger partial charge >= 0.3 is 0 Å². The molecule has 1 amide bonds. The molecule has 4 nitrogen and oxygen atoms in total. The Hall–Kier alpha value is -0.810. The quantitative estimate of drug-likeness (QED) is 0.930. The van der Waals surface area contributed by atoms with Crippen molar-refractivity contribution in [2.45, 2.75) is 37.8 Å². The minimum Gasteiger partial charge on any atom is -0.394 e. The summed E-state index contributed by atoms with van der Waals surface area (Å²) in [6.45, 7) is 0.828. The van der Waals surface area contributed by atoms with Gasteiger partial charge in [0.2, 0.25) is 0 Å². The molecule has 0 bridgehead atoms. The molecule has 1 atom stereocenters. The van der Waals surface area contributed by atoms with E-state index < -0.39 is 0 Å². The fraction of sp³-hybridized carbons (Fsp3) is 0.615. The standard InChI is InChI=1S/C13H17BrN2O2/c14-9-6-12(16(7-9)10-3-4-10)13(18)15-5-1-2-11(15)8-17/h6-7,10-11,17H,1-5,8H2/t11-/m0/s1. The van der Waals surface area contributed by atoms with Crippen LogP contribution in [0.2, 0.25) is 0 Å². The van der Waals surface area contributed by atoms with Crippen LogP contribution in [-0.2, 0) is 0 Å². The van der Waals surface area contributed by atoms with Crippen LogP contribution in [0.5, 0.6) is 0 Å². The maximum Gasteiger partial charge on any atom is 0.270 e. The van der Waals surface area contributed by atoms with Crippen LogP contribution in [0.1, 0.15) is 42.2 Å². The Labute approximate surface area is 115 Å². The summed E-state index contributed by atoms with van der Waals surface area (Å²) in [6.07, 6.45) is 6.21. The first-order chi connectivity index (χ1) is 8.70. The molecule has 0 aromatic carbocycles. The lowest BCUT2D eigenvalue weighted by Gasteiger charge is -2.23. The number of aliphatic hydroxyl groups excluding tert-OH is 1. The molecule has 0 radical (unpaired) electrons. The van der Waals surface area contributed by atoms with Gasteiger partial charge in [0.1, 0.15) is 5.69 Å². The molecule has 1 N–H and O–H groups in total. The van der Waals surface area contributed by atoms with E-state index in [-0.39, 0.29) is 18.6 Å². The van der Waals surface area contributed by atoms with Crippen LogP contribution in [-0.4, -0.2) is 39.7 Å². The van der Waals surface area contributed by atoms with Crippen molar-refractivity contribution in [2.24, 2.45) is 0 Å². The molecular weight excluding hydrogens is 296 g/mol. The van der Waals surface area contributed by atoms with Crippen LogP contribution in [0.3, 0.4) is 0 Å². The van der Waals surface area contributed by atoms with E-state index in [1.807, 2.05) is 17.2 Å². The predicted octanol–water partition coefficient (Wildman–Crippen LogP) is 2.18. The van der Waals surface area contributed by atoms with Gasteiger partial charge in [0.15, 0.2) is 0 Å². The van der Waals surface area contributed by atoms with Crippen molar-refractivity contribution in [1.82, 2.24) is 9.47 Å². The maximum absolute atomic E-state index is 12.6. The van der Waals surface area contributed by atoms with Crippen LogP contribution < -0.4 is 0 Å². The summed E-state index contributed by atoms with van der Waals surface area (Å²) in [7, 11) is 0. The van der Waals surface area contributed by atoms with Crippen molar-refractivity contribution in [3.63, 3.8) is 0 Å². The highest BCUT2D eigenvalue weighted by Crippen LogP contribution is 2.38. The molecule has 1 aromatic heterocycles. The van der Waals surface area contributed by atoms with E-state index in [0.29, 0.717) is 6.04 Å². The molecule has 2 heterocycles. The first-order valence-electron chi connectivity index (χ1n) is 6.50. The van der Waals surface area contributed by atoms with Crippen LogP contribution in [0, 0.1) is 0 Å². The molecule has 5 heteroatoms. The number of likely N-dealkylation sites (tertiary alicyclic amines) is 1. The van der Waals surface area contributed by atoms with Crippen molar-refractivity contribution in [3.05, 3.63) is 22.4 Å². The number of hydrogen-bond donors (Lipinski definition) is 1. The second kappa shape index (κ2) is 4.70. The summed E-state index contributed by atoms with van der Waals surface area (Å²) in [4.78, 5) is 14.4. The fourth-order valence-corrected chi connectivity index (χ4v) is 3.15. The highest BCUT2D eigenvalue weighted by atomic mass is 79.9. The third-order valence-electron chi connectivity index (χ3n) is 3.82. The Balaban J connectivity index is 1.87. The fourth-order valence-electron chi connectivity index (χ4n) is 2.71. The molecule has 1 saturated carbocycles. The van der Waals surface area contributed by atoms with E-state index in [1.165, 1.54) is 0 Å². The number of carbonyl (C=O) groups is 1. The lowest BCUT2D eigenvalue weighted by Crippen LogP contribution is -2.38. The number of aromatic nitrogens is 1. The number of rotatable bonds is 3. The average molecular weight is 313 g/mol. The molecule has 98 valence electrons. The molecule has 0 unspecified atom stereocenters. The van der Waals surface area contributed by atoms with Crippen molar-refractivity contribution < 1.29 is 9.90 Å². The van der Waals surface area contributed by atoms with Gasteiger partial charge in [0.25, 0.3) is 5.91 Å². The van der Waals surface area contributed by atoms with E-state index in [4.69, 9.17) is 0 Å². The minimum absolute atomic E-state index is 0.00108. The first-order valence-corrected chi connectivity index (χ1v) is 7.29. The molecule has 2 fully saturated rings. The summed E-state index contributed by atoms with van der Waals surface area (Å²) in [6, 6.07) is 2.39. The van der Waals surface area contributed by atoms with Gasteiger partial charge in [-0.3, -0.25) is 4.79 Å². The van der Waals surface area contributed by atoms with Gasteiger partial charge in [-0.15, -0.1) is 0 Å². The van der Waals surface area contributed by atoms with E-state index in [1.54, 1.807) is 0 Å². The normalized spacial score (nSPS) is 23.7. The Morgan fingerprint density at radius 3 is 2.89 bits per heavy atom. The number of amides is 1. The van der Waals surface area contributed by atoms with Crippen LogP contribution in [0.4, 0.5) is 0 Å². The predicted molar refractivity (Wildman–Crippen MR) is 71.5 cm³/mol. The topological polar surface area (TPSA) is 45.5 Å². The minimum atomic E-state index is -0.00108. The van der Waals surface area contributed by atoms with E-state index in [9.17, 15) is 9.90 Å². The van der Waals surface area contributed by atoms with E-state index in [0.717, 1.165) is 42.4 Å². The summed E-state index contributed by atoms with van der Waals surface area (Å²) in [5.41, 5.74) is 0.754. The third-order valence-corrected chi connectivity index (χ3v) is 4.26. The molecule has 18 heavy (non-hydrogen) atoms. The maximum atomic E-state index is 12.6. The molecule has 1 aliphatic carbocycles. The monoisotopic (exact) mass is 312 g/mol. The van der Waals surface area contributed by atoms with Crippen LogP contribution in [0.15, 0.2) is 16.7 Å². The van der Waals surface area contributed by atoms with Gasteiger partial charge in [0.05, 0.1) is 12.6 Å². The van der Waals surface area contributed by atoms with Gasteiger partial charge in [-0.25, -0.2) is 0 Å². The van der Waals surface area contributed by atoms with Gasteiger partial charge in [-0.1, -0.05) is 0 Å². The van der Waals surface area contributed by atoms with Crippen LogP contribution >= 0.6 is 15.9 Å². The van der Waals surface area contributed by atoms with Crippen molar-refractivity contribution in [1.29, 1.82) is 0 Å². The summed E-state index contributed by atoms with van der Waals surface area (Å²) in [5, 5.41) is 9.32. The SMILES string of the molecule is O=C(c1cc(Br)cn1C1CC1)N1CCC[C@H]1CO. The van der Waals surface area contributed by atoms with Gasteiger partial charge in [-0.05, 0) is 47.7 Å². The molecule has 1 saturated heterocycles. The second-order valence-corrected chi connectivity index (χ2v) is 6.07. The molecular formula is C13H17BrN2O2. The lowest BCUT2D eigenvalue weighted by atomic mass is 10.2. The zero-order valence-corrected chi connectivity index (χ0v) is 11.8. The Bertz CT molecular complexity index is 468. The van der Waals surface area contributed by atoms with Crippen molar-refractivity contribution >= 4 is 21.8 Å². The Morgan fingerprint density at radius 1 is 1.44 bits per heavy atom. The van der Waals surface area contributed by atoms with E-state index >= 15 is 0 Å². The number of hydrogen-bond acceptors (Lipinski definition) is 2. The van der Waals surface area contributed by atoms with Gasteiger partial charge in [-0.2, -0.15) is 0 Å². The van der Waals surface area contributed by atoms with Gasteiger partial charge < -0.3 is 14.6 Å². The average Bonchev–Trinajstić information content (AvgIpc) is 2.97. The number of halogens is 1. The van der Waals surface area contributed by atoms with Crippen molar-refractivity contribution in [2.75, 3.05) is 13.2 Å². The zero-order chi connectivity index (χ0) is 12.7. The van der Waals surface area contributed by atoms with Crippen molar-refractivity contribution in [3.8, 4) is 0 Å². The zero-order valence-electron chi connectivity index (χ0n) is 10.2. The molecule has 1 aromatic rings. The van der Waals surface area contributed by atoms with E-state index in [2.05, 4.69) is 20.5 Å². The summed E-state index contributed by atoms with van der Waals surface area (Å²) < 4.78 is 3.04. The van der Waals surface area contributed by atoms with Gasteiger partial charge in [0, 0.05) is 23.3 Å². The molecule has 1 aliphatic heterocycles. The summed E-state index contributed by atoms with van der Waals surface area (Å²) >= 11 is 3.45. The highest BCUT2D eigenvalue weighted by Gasteiger charge is 2.33. The molecule has 3 rings (SSSR count). The Morgan fingerprint density at radius 2 is 2.22 bits per heavy atom.